The van der Waals surface area contributed by atoms with Crippen molar-refractivity contribution in [3.63, 3.8) is 0 Å². The van der Waals surface area contributed by atoms with Crippen molar-refractivity contribution in [2.24, 2.45) is 0 Å². The minimum atomic E-state index is 0.0862. The summed E-state index contributed by atoms with van der Waals surface area (Å²) in [5, 5.41) is 0. The first kappa shape index (κ1) is 16.3. The summed E-state index contributed by atoms with van der Waals surface area (Å²) in [6.07, 6.45) is 7.40. The third-order valence-electron chi connectivity index (χ3n) is 5.61. The highest BCUT2D eigenvalue weighted by Gasteiger charge is 2.53. The third-order valence-corrected chi connectivity index (χ3v) is 5.61. The number of benzene rings is 1. The van der Waals surface area contributed by atoms with E-state index in [9.17, 15) is 0 Å². The van der Waals surface area contributed by atoms with Crippen LogP contribution in [0.2, 0.25) is 0 Å². The third kappa shape index (κ3) is 2.63. The normalized spacial score (nSPS) is 23.9. The molecule has 124 valence electrons. The second kappa shape index (κ2) is 6.92. The number of rotatable bonds is 6. The van der Waals surface area contributed by atoms with Crippen molar-refractivity contribution >= 4 is 5.57 Å². The Bertz CT molecular complexity index is 598. The number of hydrogen-bond donors (Lipinski definition) is 1. The van der Waals surface area contributed by atoms with E-state index in [1.807, 2.05) is 0 Å². The van der Waals surface area contributed by atoms with Crippen LogP contribution in [0.4, 0.5) is 0 Å². The summed E-state index contributed by atoms with van der Waals surface area (Å²) in [5.41, 5.74) is 4.48. The van der Waals surface area contributed by atoms with Crippen LogP contribution in [0.5, 0.6) is 0 Å². The number of hydrogen-bond acceptors (Lipinski definition) is 1. The first-order chi connectivity index (χ1) is 11.3. The lowest BCUT2D eigenvalue weighted by Gasteiger charge is -2.43. The van der Waals surface area contributed by atoms with E-state index in [0.717, 1.165) is 19.7 Å². The minimum absolute atomic E-state index is 0.0862. The predicted molar refractivity (Wildman–Crippen MR) is 96.3 cm³/mol. The van der Waals surface area contributed by atoms with Crippen LogP contribution in [0.3, 0.4) is 0 Å². The van der Waals surface area contributed by atoms with Gasteiger partial charge >= 0.3 is 0 Å². The monoisotopic (exact) mass is 312 g/mol. The second-order valence-electron chi connectivity index (χ2n) is 6.62. The van der Waals surface area contributed by atoms with Crippen LogP contribution in [0.1, 0.15) is 52.0 Å². The van der Waals surface area contributed by atoms with Crippen molar-refractivity contribution in [3.8, 4) is 0 Å². The van der Waals surface area contributed by atoms with Gasteiger partial charge in [-0.2, -0.15) is 0 Å². The topological polar surface area (TPSA) is 13.7 Å². The molecule has 0 radical (unpaired) electrons. The molecule has 1 aromatic rings. The molecular weight excluding hydrogens is 282 g/mol. The summed E-state index contributed by atoms with van der Waals surface area (Å²) in [7, 11) is 0. The first-order valence-corrected chi connectivity index (χ1v) is 9.27. The van der Waals surface area contributed by atoms with E-state index in [2.05, 4.69) is 57.2 Å². The molecule has 1 fully saturated rings. The Hall–Kier alpha value is -1.54. The molecule has 0 saturated heterocycles. The molecule has 0 bridgehead atoms. The molecule has 1 unspecified atom stereocenters. The SMILES string of the molecule is CCOC1=CC(c2ccccc2)=C2CCCCC12[NH+](CC)CC. The largest absolute Gasteiger partial charge is 0.491 e. The van der Waals surface area contributed by atoms with Gasteiger partial charge in [0, 0.05) is 12.0 Å². The highest BCUT2D eigenvalue weighted by Crippen LogP contribution is 2.46. The van der Waals surface area contributed by atoms with Crippen LogP contribution in [-0.4, -0.2) is 25.2 Å². The molecule has 1 atom stereocenters. The zero-order valence-electron chi connectivity index (χ0n) is 14.8. The average Bonchev–Trinajstić information content (AvgIpc) is 2.93. The quantitative estimate of drug-likeness (QED) is 0.847. The fraction of sp³-hybridized carbons (Fsp3) is 0.524. The van der Waals surface area contributed by atoms with Crippen LogP contribution < -0.4 is 4.90 Å². The molecule has 1 saturated carbocycles. The van der Waals surface area contributed by atoms with Crippen molar-refractivity contribution in [3.05, 3.63) is 53.3 Å². The molecule has 23 heavy (non-hydrogen) atoms. The molecule has 0 aromatic heterocycles. The molecule has 2 aliphatic rings. The van der Waals surface area contributed by atoms with E-state index < -0.39 is 0 Å². The highest BCUT2D eigenvalue weighted by atomic mass is 16.5. The number of quaternary nitrogens is 1. The smallest absolute Gasteiger partial charge is 0.178 e. The first-order valence-electron chi connectivity index (χ1n) is 9.27. The molecule has 2 aliphatic carbocycles. The summed E-state index contributed by atoms with van der Waals surface area (Å²) < 4.78 is 6.21. The van der Waals surface area contributed by atoms with Crippen molar-refractivity contribution in [2.75, 3.05) is 19.7 Å². The summed E-state index contributed by atoms with van der Waals surface area (Å²) in [4.78, 5) is 1.65. The molecule has 2 nitrogen and oxygen atoms in total. The Labute approximate surface area is 140 Å². The number of fused-ring (bicyclic) bond motifs is 1. The lowest BCUT2D eigenvalue weighted by molar-refractivity contribution is -0.940. The van der Waals surface area contributed by atoms with Gasteiger partial charge in [0.15, 0.2) is 11.3 Å². The summed E-state index contributed by atoms with van der Waals surface area (Å²) in [5.74, 6) is 1.22. The fourth-order valence-corrected chi connectivity index (χ4v) is 4.65. The van der Waals surface area contributed by atoms with Crippen LogP contribution >= 0.6 is 0 Å². The lowest BCUT2D eigenvalue weighted by Crippen LogP contribution is -3.20. The molecule has 0 amide bonds. The van der Waals surface area contributed by atoms with Gasteiger partial charge in [-0.15, -0.1) is 0 Å². The van der Waals surface area contributed by atoms with E-state index in [4.69, 9.17) is 4.74 Å². The van der Waals surface area contributed by atoms with Gasteiger partial charge in [-0.05, 0) is 57.2 Å². The average molecular weight is 312 g/mol. The highest BCUT2D eigenvalue weighted by molar-refractivity contribution is 5.83. The van der Waals surface area contributed by atoms with Gasteiger partial charge < -0.3 is 9.64 Å². The summed E-state index contributed by atoms with van der Waals surface area (Å²) in [6.45, 7) is 9.77. The molecule has 3 rings (SSSR count). The van der Waals surface area contributed by atoms with Gasteiger partial charge in [0.2, 0.25) is 0 Å². The van der Waals surface area contributed by atoms with E-state index in [0.29, 0.717) is 0 Å². The Morgan fingerprint density at radius 1 is 1.04 bits per heavy atom. The maximum atomic E-state index is 6.21. The molecule has 1 N–H and O–H groups in total. The number of ether oxygens (including phenoxy) is 1. The summed E-state index contributed by atoms with van der Waals surface area (Å²) >= 11 is 0. The van der Waals surface area contributed by atoms with Gasteiger partial charge in [0.25, 0.3) is 0 Å². The van der Waals surface area contributed by atoms with Gasteiger partial charge in [0.1, 0.15) is 0 Å². The van der Waals surface area contributed by atoms with Crippen molar-refractivity contribution in [2.45, 2.75) is 52.0 Å². The number of allylic oxidation sites excluding steroid dienone is 2. The van der Waals surface area contributed by atoms with Crippen molar-refractivity contribution in [1.82, 2.24) is 0 Å². The van der Waals surface area contributed by atoms with Crippen molar-refractivity contribution in [1.29, 1.82) is 0 Å². The Morgan fingerprint density at radius 2 is 1.78 bits per heavy atom. The van der Waals surface area contributed by atoms with E-state index in [1.54, 1.807) is 10.5 Å². The van der Waals surface area contributed by atoms with Crippen LogP contribution in [0, 0.1) is 0 Å². The summed E-state index contributed by atoms with van der Waals surface area (Å²) in [6, 6.07) is 10.9. The second-order valence-corrected chi connectivity index (χ2v) is 6.62. The number of nitrogens with one attached hydrogen (secondary N) is 1. The van der Waals surface area contributed by atoms with Gasteiger partial charge in [-0.1, -0.05) is 30.3 Å². The van der Waals surface area contributed by atoms with Crippen LogP contribution in [0.25, 0.3) is 5.57 Å². The zero-order valence-corrected chi connectivity index (χ0v) is 14.8. The molecular formula is C21H30NO+. The predicted octanol–water partition coefficient (Wildman–Crippen LogP) is 3.61. The molecule has 0 spiro atoms. The van der Waals surface area contributed by atoms with Crippen molar-refractivity contribution < 1.29 is 9.64 Å². The van der Waals surface area contributed by atoms with Gasteiger partial charge in [-0.3, -0.25) is 0 Å². The lowest BCUT2D eigenvalue weighted by atomic mass is 9.75. The standard InChI is InChI=1S/C21H29NO/c1-4-22(5-2)21-15-11-10-14-19(21)18(16-20(21)23-6-3)17-12-8-7-9-13-17/h7-9,12-13,16H,4-6,10-11,14-15H2,1-3H3/p+1. The molecule has 2 heteroatoms. The fourth-order valence-electron chi connectivity index (χ4n) is 4.65. The molecule has 0 heterocycles. The Morgan fingerprint density at radius 3 is 2.43 bits per heavy atom. The minimum Gasteiger partial charge on any atom is -0.491 e. The van der Waals surface area contributed by atoms with Crippen LogP contribution in [-0.2, 0) is 4.74 Å². The number of likely N-dealkylation sites (N-methyl/N-ethyl adjacent to an activating group) is 1. The van der Waals surface area contributed by atoms with E-state index >= 15 is 0 Å². The molecule has 0 aliphatic heterocycles. The maximum Gasteiger partial charge on any atom is 0.178 e. The van der Waals surface area contributed by atoms with Crippen LogP contribution in [0.15, 0.2) is 47.7 Å². The van der Waals surface area contributed by atoms with Gasteiger partial charge in [0.05, 0.1) is 19.7 Å². The Kier molecular flexibility index (Phi) is 4.91. The van der Waals surface area contributed by atoms with Gasteiger partial charge in [-0.25, -0.2) is 0 Å². The maximum absolute atomic E-state index is 6.21. The zero-order chi connectivity index (χ0) is 16.3. The Balaban J connectivity index is 2.15. The van der Waals surface area contributed by atoms with E-state index in [-0.39, 0.29) is 5.54 Å². The molecule has 1 aromatic carbocycles. The van der Waals surface area contributed by atoms with E-state index in [1.165, 1.54) is 42.6 Å².